The Labute approximate surface area is 167 Å². The predicted molar refractivity (Wildman–Crippen MR) is 97.6 cm³/mol. The summed E-state index contributed by atoms with van der Waals surface area (Å²) in [5, 5.41) is 23.2. The summed E-state index contributed by atoms with van der Waals surface area (Å²) in [7, 11) is 0. The molecule has 1 aromatic carbocycles. The molecule has 0 spiro atoms. The average Bonchev–Trinajstić information content (AvgIpc) is 3.32. The molecule has 3 heterocycles. The van der Waals surface area contributed by atoms with Gasteiger partial charge in [-0.3, -0.25) is 9.59 Å². The summed E-state index contributed by atoms with van der Waals surface area (Å²) in [5.74, 6) is 0.537. The lowest BCUT2D eigenvalue weighted by molar-refractivity contribution is -0.139. The number of aliphatic hydroxyl groups is 2. The number of aliphatic hydroxyl groups excluding tert-OH is 2. The van der Waals surface area contributed by atoms with Crippen molar-refractivity contribution in [1.29, 1.82) is 0 Å². The molecule has 0 aromatic heterocycles. The predicted octanol–water partition coefficient (Wildman–Crippen LogP) is -1.12. The molecular weight excluding hydrogens is 384 g/mol. The first kappa shape index (κ1) is 19.9. The van der Waals surface area contributed by atoms with Crippen molar-refractivity contribution < 1.29 is 38.7 Å². The minimum atomic E-state index is -1.20. The Morgan fingerprint density at radius 3 is 2.59 bits per heavy atom. The quantitative estimate of drug-likeness (QED) is 0.560. The van der Waals surface area contributed by atoms with E-state index in [0.29, 0.717) is 43.4 Å². The van der Waals surface area contributed by atoms with Crippen molar-refractivity contribution in [1.82, 2.24) is 10.2 Å². The molecule has 2 saturated heterocycles. The Hall–Kier alpha value is -2.40. The van der Waals surface area contributed by atoms with Gasteiger partial charge in [-0.05, 0) is 18.2 Å². The molecule has 3 aliphatic rings. The highest BCUT2D eigenvalue weighted by Crippen LogP contribution is 2.32. The number of hydrogen-bond acceptors (Lipinski definition) is 8. The lowest BCUT2D eigenvalue weighted by atomic mass is 10.0. The van der Waals surface area contributed by atoms with Crippen LogP contribution in [0, 0.1) is 0 Å². The van der Waals surface area contributed by atoms with Gasteiger partial charge in [0, 0.05) is 25.2 Å². The summed E-state index contributed by atoms with van der Waals surface area (Å²) in [5.41, 5.74) is 0.376. The van der Waals surface area contributed by atoms with Gasteiger partial charge in [0.2, 0.25) is 12.7 Å². The molecule has 3 N–H and O–H groups in total. The molecule has 29 heavy (non-hydrogen) atoms. The standard InChI is InChI=1S/C19H24N2O8/c22-16(21-3-5-26-6-4-21)8-14-17(23)18(24)15(29-14)9-20-19(25)11-1-2-12-13(7-11)28-10-27-12/h1-2,7,14-15,17-18,23-24H,3-6,8-10H2,(H,20,25). The molecule has 4 atom stereocenters. The van der Waals surface area contributed by atoms with Gasteiger partial charge in [-0.1, -0.05) is 0 Å². The third kappa shape index (κ3) is 4.30. The first-order chi connectivity index (χ1) is 14.0. The lowest BCUT2D eigenvalue weighted by Gasteiger charge is -2.28. The van der Waals surface area contributed by atoms with E-state index < -0.39 is 24.4 Å². The number of hydrogen-bond donors (Lipinski definition) is 3. The zero-order chi connectivity index (χ0) is 20.4. The molecule has 4 rings (SSSR count). The van der Waals surface area contributed by atoms with Gasteiger partial charge in [0.1, 0.15) is 18.3 Å². The highest BCUT2D eigenvalue weighted by Gasteiger charge is 2.43. The van der Waals surface area contributed by atoms with Crippen molar-refractivity contribution in [2.24, 2.45) is 0 Å². The van der Waals surface area contributed by atoms with Crippen molar-refractivity contribution in [2.45, 2.75) is 30.8 Å². The van der Waals surface area contributed by atoms with Gasteiger partial charge in [-0.15, -0.1) is 0 Å². The first-order valence-corrected chi connectivity index (χ1v) is 9.58. The molecule has 10 nitrogen and oxygen atoms in total. The van der Waals surface area contributed by atoms with E-state index in [2.05, 4.69) is 5.32 Å². The van der Waals surface area contributed by atoms with E-state index in [-0.39, 0.29) is 31.6 Å². The molecule has 4 unspecified atom stereocenters. The van der Waals surface area contributed by atoms with Crippen LogP contribution in [-0.4, -0.2) is 91.0 Å². The van der Waals surface area contributed by atoms with Crippen LogP contribution in [0.2, 0.25) is 0 Å². The molecule has 158 valence electrons. The highest BCUT2D eigenvalue weighted by atomic mass is 16.7. The molecule has 1 aromatic rings. The van der Waals surface area contributed by atoms with Crippen LogP contribution in [-0.2, 0) is 14.3 Å². The summed E-state index contributed by atoms with van der Waals surface area (Å²) >= 11 is 0. The number of ether oxygens (including phenoxy) is 4. The Morgan fingerprint density at radius 1 is 1.07 bits per heavy atom. The fourth-order valence-electron chi connectivity index (χ4n) is 3.61. The lowest BCUT2D eigenvalue weighted by Crippen LogP contribution is -2.43. The Morgan fingerprint density at radius 2 is 1.79 bits per heavy atom. The summed E-state index contributed by atoms with van der Waals surface area (Å²) in [6.07, 6.45) is -4.08. The molecule has 0 radical (unpaired) electrons. The smallest absolute Gasteiger partial charge is 0.251 e. The van der Waals surface area contributed by atoms with Gasteiger partial charge in [-0.2, -0.15) is 0 Å². The Kier molecular flexibility index (Phi) is 5.86. The van der Waals surface area contributed by atoms with Gasteiger partial charge in [-0.25, -0.2) is 0 Å². The number of fused-ring (bicyclic) bond motifs is 1. The van der Waals surface area contributed by atoms with E-state index in [1.165, 1.54) is 0 Å². The van der Waals surface area contributed by atoms with E-state index in [4.69, 9.17) is 18.9 Å². The number of rotatable bonds is 5. The van der Waals surface area contributed by atoms with Gasteiger partial charge >= 0.3 is 0 Å². The van der Waals surface area contributed by atoms with Crippen LogP contribution in [0.1, 0.15) is 16.8 Å². The van der Waals surface area contributed by atoms with Gasteiger partial charge in [0.15, 0.2) is 11.5 Å². The van der Waals surface area contributed by atoms with E-state index >= 15 is 0 Å². The number of benzene rings is 1. The number of nitrogens with one attached hydrogen (secondary N) is 1. The maximum absolute atomic E-state index is 12.4. The van der Waals surface area contributed by atoms with Gasteiger partial charge in [0.25, 0.3) is 5.91 Å². The zero-order valence-corrected chi connectivity index (χ0v) is 15.8. The van der Waals surface area contributed by atoms with Crippen molar-refractivity contribution in [3.63, 3.8) is 0 Å². The average molecular weight is 408 g/mol. The third-order valence-electron chi connectivity index (χ3n) is 5.30. The number of nitrogens with zero attached hydrogens (tertiary/aromatic N) is 1. The van der Waals surface area contributed by atoms with Gasteiger partial charge in [0.05, 0.1) is 25.7 Å². The third-order valence-corrected chi connectivity index (χ3v) is 5.30. The van der Waals surface area contributed by atoms with E-state index in [1.54, 1.807) is 23.1 Å². The van der Waals surface area contributed by atoms with Crippen LogP contribution < -0.4 is 14.8 Å². The fourth-order valence-corrected chi connectivity index (χ4v) is 3.61. The number of morpholine rings is 1. The Balaban J connectivity index is 1.30. The second-order valence-electron chi connectivity index (χ2n) is 7.17. The summed E-state index contributed by atoms with van der Waals surface area (Å²) in [4.78, 5) is 26.4. The van der Waals surface area contributed by atoms with Crippen molar-refractivity contribution in [2.75, 3.05) is 39.6 Å². The minimum absolute atomic E-state index is 0.00620. The number of amides is 2. The molecule has 3 aliphatic heterocycles. The maximum atomic E-state index is 12.4. The topological polar surface area (TPSA) is 127 Å². The largest absolute Gasteiger partial charge is 0.454 e. The van der Waals surface area contributed by atoms with E-state index in [0.717, 1.165) is 0 Å². The summed E-state index contributed by atoms with van der Waals surface area (Å²) in [6.45, 7) is 2.07. The highest BCUT2D eigenvalue weighted by molar-refractivity contribution is 5.95. The van der Waals surface area contributed by atoms with Crippen LogP contribution in [0.15, 0.2) is 18.2 Å². The molecule has 2 amide bonds. The number of carbonyl (C=O) groups is 2. The fraction of sp³-hybridized carbons (Fsp3) is 0.579. The molecule has 0 aliphatic carbocycles. The van der Waals surface area contributed by atoms with Crippen LogP contribution >= 0.6 is 0 Å². The first-order valence-electron chi connectivity index (χ1n) is 9.58. The van der Waals surface area contributed by atoms with Crippen LogP contribution in [0.3, 0.4) is 0 Å². The van der Waals surface area contributed by atoms with Crippen LogP contribution in [0.4, 0.5) is 0 Å². The van der Waals surface area contributed by atoms with Crippen LogP contribution in [0.5, 0.6) is 11.5 Å². The monoisotopic (exact) mass is 408 g/mol. The zero-order valence-electron chi connectivity index (χ0n) is 15.8. The normalized spacial score (nSPS) is 28.4. The molecule has 2 fully saturated rings. The maximum Gasteiger partial charge on any atom is 0.251 e. The van der Waals surface area contributed by atoms with Crippen molar-refractivity contribution >= 4 is 11.8 Å². The number of carbonyl (C=O) groups excluding carboxylic acids is 2. The van der Waals surface area contributed by atoms with Crippen molar-refractivity contribution in [3.8, 4) is 11.5 Å². The van der Waals surface area contributed by atoms with E-state index in [9.17, 15) is 19.8 Å². The molecule has 0 bridgehead atoms. The Bertz CT molecular complexity index is 767. The second kappa shape index (κ2) is 8.54. The summed E-state index contributed by atoms with van der Waals surface area (Å²) in [6, 6.07) is 4.82. The van der Waals surface area contributed by atoms with Crippen LogP contribution in [0.25, 0.3) is 0 Å². The summed E-state index contributed by atoms with van der Waals surface area (Å²) < 4.78 is 21.4. The van der Waals surface area contributed by atoms with Crippen molar-refractivity contribution in [3.05, 3.63) is 23.8 Å². The molecular formula is C19H24N2O8. The minimum Gasteiger partial charge on any atom is -0.454 e. The van der Waals surface area contributed by atoms with Gasteiger partial charge < -0.3 is 39.4 Å². The molecule has 10 heteroatoms. The van der Waals surface area contributed by atoms with E-state index in [1.807, 2.05) is 0 Å². The molecule has 0 saturated carbocycles. The second-order valence-corrected chi connectivity index (χ2v) is 7.17. The SMILES string of the molecule is O=C(NCC1OC(CC(=O)N2CCOCC2)C(O)C1O)c1ccc2c(c1)OCO2.